The second kappa shape index (κ2) is 5.15. The first kappa shape index (κ1) is 13.0. The van der Waals surface area contributed by atoms with Gasteiger partial charge in [0, 0.05) is 20.5 Å². The maximum Gasteiger partial charge on any atom is 0.178 e. The maximum atomic E-state index is 13.1. The Labute approximate surface area is 125 Å². The monoisotopic (exact) mass is 354 g/mol. The van der Waals surface area contributed by atoms with E-state index in [0.717, 1.165) is 19.4 Å². The number of rotatable bonds is 3. The molecule has 2 heterocycles. The summed E-state index contributed by atoms with van der Waals surface area (Å²) in [7, 11) is 0. The number of ketones is 1. The molecule has 0 saturated carbocycles. The summed E-state index contributed by atoms with van der Waals surface area (Å²) >= 11 is 6.33. The summed E-state index contributed by atoms with van der Waals surface area (Å²) in [5.74, 6) is -0.195. The van der Waals surface area contributed by atoms with Crippen molar-refractivity contribution in [3.8, 4) is 0 Å². The molecule has 1 nitrogen and oxygen atoms in total. The minimum absolute atomic E-state index is 0.0739. The Morgan fingerprint density at radius 3 is 2.84 bits per heavy atom. The maximum absolute atomic E-state index is 13.1. The molecule has 0 aliphatic carbocycles. The van der Waals surface area contributed by atoms with E-state index in [2.05, 4.69) is 15.9 Å². The van der Waals surface area contributed by atoms with Gasteiger partial charge in [0.15, 0.2) is 5.78 Å². The summed E-state index contributed by atoms with van der Waals surface area (Å²) in [5, 5.41) is 2.87. The highest BCUT2D eigenvalue weighted by atomic mass is 79.9. The van der Waals surface area contributed by atoms with Gasteiger partial charge in [0.1, 0.15) is 5.82 Å². The first-order valence-corrected chi connectivity index (χ1v) is 8.06. The third-order valence-corrected chi connectivity index (χ3v) is 5.83. The number of hydrogen-bond acceptors (Lipinski definition) is 3. The topological polar surface area (TPSA) is 17.1 Å². The highest BCUT2D eigenvalue weighted by Crippen LogP contribution is 2.29. The van der Waals surface area contributed by atoms with Crippen LogP contribution < -0.4 is 0 Å². The van der Waals surface area contributed by atoms with Gasteiger partial charge in [-0.1, -0.05) is 6.07 Å². The molecule has 0 fully saturated rings. The largest absolute Gasteiger partial charge is 0.293 e. The molecule has 0 radical (unpaired) electrons. The Balaban J connectivity index is 1.91. The molecule has 3 rings (SSSR count). The molecule has 0 saturated heterocycles. The van der Waals surface area contributed by atoms with E-state index in [4.69, 9.17) is 0 Å². The summed E-state index contributed by atoms with van der Waals surface area (Å²) in [5.41, 5.74) is 0. The zero-order valence-corrected chi connectivity index (χ0v) is 12.9. The van der Waals surface area contributed by atoms with Crippen molar-refractivity contribution in [2.45, 2.75) is 6.42 Å². The Kier molecular flexibility index (Phi) is 3.52. The van der Waals surface area contributed by atoms with E-state index < -0.39 is 0 Å². The lowest BCUT2D eigenvalue weighted by atomic mass is 10.2. The summed E-state index contributed by atoms with van der Waals surface area (Å²) in [6.07, 6.45) is 0.382. The van der Waals surface area contributed by atoms with Gasteiger partial charge < -0.3 is 0 Å². The van der Waals surface area contributed by atoms with Crippen LogP contribution in [0.3, 0.4) is 0 Å². The molecule has 1 aromatic carbocycles. The molecular formula is C14H8BrFOS2. The normalized spacial score (nSPS) is 11.1. The molecule has 2 aromatic heterocycles. The smallest absolute Gasteiger partial charge is 0.178 e. The molecule has 0 atom stereocenters. The average molecular weight is 355 g/mol. The van der Waals surface area contributed by atoms with Crippen molar-refractivity contribution in [2.75, 3.05) is 0 Å². The van der Waals surface area contributed by atoms with Crippen LogP contribution >= 0.6 is 38.6 Å². The van der Waals surface area contributed by atoms with Crippen LogP contribution in [0.25, 0.3) is 10.1 Å². The van der Waals surface area contributed by atoms with Gasteiger partial charge in [-0.25, -0.2) is 4.39 Å². The number of halogens is 2. The van der Waals surface area contributed by atoms with Gasteiger partial charge in [-0.05, 0) is 51.0 Å². The predicted octanol–water partition coefficient (Wildman–Crippen LogP) is 5.29. The van der Waals surface area contributed by atoms with Crippen LogP contribution in [0.15, 0.2) is 40.2 Å². The third-order valence-electron chi connectivity index (χ3n) is 2.77. The Bertz CT molecular complexity index is 760. The van der Waals surface area contributed by atoms with Crippen LogP contribution in [0.4, 0.5) is 4.39 Å². The Hall–Kier alpha value is -1.04. The van der Waals surface area contributed by atoms with Crippen molar-refractivity contribution < 1.29 is 9.18 Å². The van der Waals surface area contributed by atoms with Crippen molar-refractivity contribution >= 4 is 54.5 Å². The van der Waals surface area contributed by atoms with E-state index in [1.54, 1.807) is 17.4 Å². The zero-order valence-electron chi connectivity index (χ0n) is 9.65. The van der Waals surface area contributed by atoms with Gasteiger partial charge in [-0.3, -0.25) is 4.79 Å². The van der Waals surface area contributed by atoms with Crippen molar-refractivity contribution in [1.29, 1.82) is 0 Å². The fourth-order valence-corrected chi connectivity index (χ4v) is 4.34. The molecule has 5 heteroatoms. The molecule has 0 aliphatic heterocycles. The van der Waals surface area contributed by atoms with Gasteiger partial charge >= 0.3 is 0 Å². The summed E-state index contributed by atoms with van der Waals surface area (Å²) in [4.78, 5) is 13.9. The second-order valence-electron chi connectivity index (χ2n) is 4.08. The van der Waals surface area contributed by atoms with Crippen molar-refractivity contribution in [1.82, 2.24) is 0 Å². The minimum atomic E-state index is -0.269. The summed E-state index contributed by atoms with van der Waals surface area (Å²) in [6.45, 7) is 0. The van der Waals surface area contributed by atoms with Crippen LogP contribution in [0, 0.1) is 5.82 Å². The van der Waals surface area contributed by atoms with Crippen LogP contribution in [-0.4, -0.2) is 5.78 Å². The van der Waals surface area contributed by atoms with Crippen molar-refractivity contribution in [2.24, 2.45) is 0 Å². The number of hydrogen-bond donors (Lipinski definition) is 0. The molecule has 96 valence electrons. The van der Waals surface area contributed by atoms with Gasteiger partial charge in [-0.15, -0.1) is 22.7 Å². The van der Waals surface area contributed by atoms with Crippen LogP contribution in [0.1, 0.15) is 14.5 Å². The fraction of sp³-hybridized carbons (Fsp3) is 0.0714. The molecular weight excluding hydrogens is 347 g/mol. The molecule has 0 bridgehead atoms. The van der Waals surface area contributed by atoms with E-state index in [1.807, 2.05) is 17.5 Å². The molecule has 0 aliphatic rings. The minimum Gasteiger partial charge on any atom is -0.293 e. The van der Waals surface area contributed by atoms with Crippen LogP contribution in [-0.2, 0) is 6.42 Å². The number of benzene rings is 1. The standard InChI is InChI=1S/C14H8BrFOS2/c15-10-3-4-18-13(10)7-11(17)14-5-8-1-2-9(16)6-12(8)19-14/h1-6H,7H2. The van der Waals surface area contributed by atoms with Crippen molar-refractivity contribution in [3.05, 3.63) is 55.8 Å². The summed E-state index contributed by atoms with van der Waals surface area (Å²) < 4.78 is 14.9. The fourth-order valence-electron chi connectivity index (χ4n) is 1.83. The number of fused-ring (bicyclic) bond motifs is 1. The lowest BCUT2D eigenvalue weighted by Gasteiger charge is -1.95. The van der Waals surface area contributed by atoms with Crippen LogP contribution in [0.5, 0.6) is 0 Å². The highest BCUT2D eigenvalue weighted by molar-refractivity contribution is 9.10. The number of thiophene rings is 2. The zero-order chi connectivity index (χ0) is 13.4. The van der Waals surface area contributed by atoms with E-state index in [0.29, 0.717) is 11.3 Å². The van der Waals surface area contributed by atoms with E-state index in [9.17, 15) is 9.18 Å². The number of carbonyl (C=O) groups is 1. The van der Waals surface area contributed by atoms with Crippen molar-refractivity contribution in [3.63, 3.8) is 0 Å². The third kappa shape index (κ3) is 2.63. The quantitative estimate of drug-likeness (QED) is 0.584. The van der Waals surface area contributed by atoms with Gasteiger partial charge in [-0.2, -0.15) is 0 Å². The predicted molar refractivity (Wildman–Crippen MR) is 81.8 cm³/mol. The second-order valence-corrected chi connectivity index (χ2v) is 7.02. The van der Waals surface area contributed by atoms with Crippen LogP contribution in [0.2, 0.25) is 0 Å². The average Bonchev–Trinajstić information content (AvgIpc) is 2.96. The number of carbonyl (C=O) groups excluding carboxylic acids is 1. The number of Topliss-reactive ketones (excluding diaryl/α,β-unsaturated/α-hetero) is 1. The highest BCUT2D eigenvalue weighted by Gasteiger charge is 2.13. The summed E-state index contributed by atoms with van der Waals surface area (Å²) in [6, 6.07) is 8.37. The van der Waals surface area contributed by atoms with E-state index in [-0.39, 0.29) is 11.6 Å². The Morgan fingerprint density at radius 1 is 1.26 bits per heavy atom. The SMILES string of the molecule is O=C(Cc1sccc1Br)c1cc2ccc(F)cc2s1. The molecule has 0 N–H and O–H groups in total. The first-order chi connectivity index (χ1) is 9.13. The lowest BCUT2D eigenvalue weighted by molar-refractivity contribution is 0.0997. The molecule has 0 unspecified atom stereocenters. The molecule has 3 aromatic rings. The van der Waals surface area contributed by atoms with Gasteiger partial charge in [0.2, 0.25) is 0 Å². The first-order valence-electron chi connectivity index (χ1n) is 5.57. The van der Waals surface area contributed by atoms with E-state index >= 15 is 0 Å². The molecule has 0 amide bonds. The Morgan fingerprint density at radius 2 is 2.11 bits per heavy atom. The molecule has 0 spiro atoms. The van der Waals surface area contributed by atoms with Gasteiger partial charge in [0.25, 0.3) is 0 Å². The lowest BCUT2D eigenvalue weighted by Crippen LogP contribution is -1.99. The van der Waals surface area contributed by atoms with Gasteiger partial charge in [0.05, 0.1) is 4.88 Å². The molecule has 19 heavy (non-hydrogen) atoms. The van der Waals surface area contributed by atoms with E-state index in [1.165, 1.54) is 23.5 Å².